The van der Waals surface area contributed by atoms with Gasteiger partial charge in [-0.05, 0) is 48.4 Å². The third-order valence-electron chi connectivity index (χ3n) is 3.87. The van der Waals surface area contributed by atoms with E-state index in [4.69, 9.17) is 0 Å². The second kappa shape index (κ2) is 6.91. The van der Waals surface area contributed by atoms with Gasteiger partial charge in [-0.1, -0.05) is 12.1 Å². The van der Waals surface area contributed by atoms with Crippen molar-refractivity contribution in [2.24, 2.45) is 0 Å². The molecule has 23 heavy (non-hydrogen) atoms. The number of hydrogen-bond acceptors (Lipinski definition) is 3. The number of hydrogen-bond donors (Lipinski definition) is 2. The summed E-state index contributed by atoms with van der Waals surface area (Å²) in [6.45, 7) is 0.658. The summed E-state index contributed by atoms with van der Waals surface area (Å²) in [5, 5.41) is 7.44. The van der Waals surface area contributed by atoms with Crippen LogP contribution in [0.1, 0.15) is 28.9 Å². The van der Waals surface area contributed by atoms with E-state index in [1.807, 2.05) is 11.4 Å². The van der Waals surface area contributed by atoms with E-state index in [-0.39, 0.29) is 17.6 Å². The quantitative estimate of drug-likeness (QED) is 0.908. The monoisotopic (exact) mass is 332 g/mol. The van der Waals surface area contributed by atoms with Gasteiger partial charge in [-0.2, -0.15) is 0 Å². The van der Waals surface area contributed by atoms with Crippen molar-refractivity contribution in [2.45, 2.75) is 25.3 Å². The summed E-state index contributed by atoms with van der Waals surface area (Å²) >= 11 is 1.31. The molecule has 2 amide bonds. The van der Waals surface area contributed by atoms with E-state index >= 15 is 0 Å². The second-order valence-corrected chi connectivity index (χ2v) is 6.40. The Morgan fingerprint density at radius 2 is 2.00 bits per heavy atom. The van der Waals surface area contributed by atoms with E-state index in [0.717, 1.165) is 24.0 Å². The highest BCUT2D eigenvalue weighted by Gasteiger charge is 2.24. The fourth-order valence-corrected chi connectivity index (χ4v) is 3.46. The minimum Gasteiger partial charge on any atom is -0.354 e. The summed E-state index contributed by atoms with van der Waals surface area (Å²) in [6.07, 6.45) is 2.48. The zero-order valence-electron chi connectivity index (χ0n) is 12.5. The van der Waals surface area contributed by atoms with E-state index in [0.29, 0.717) is 17.8 Å². The largest absolute Gasteiger partial charge is 0.354 e. The van der Waals surface area contributed by atoms with Crippen molar-refractivity contribution in [3.63, 3.8) is 0 Å². The van der Waals surface area contributed by atoms with Crippen molar-refractivity contribution in [3.8, 4) is 11.1 Å². The Morgan fingerprint density at radius 1 is 1.22 bits per heavy atom. The van der Waals surface area contributed by atoms with Gasteiger partial charge < -0.3 is 10.6 Å². The highest BCUT2D eigenvalue weighted by molar-refractivity contribution is 7.12. The van der Waals surface area contributed by atoms with Crippen LogP contribution in [-0.4, -0.2) is 24.4 Å². The number of nitrogens with one attached hydrogen (secondary N) is 2. The molecule has 1 saturated heterocycles. The van der Waals surface area contributed by atoms with Gasteiger partial charge in [0.2, 0.25) is 5.91 Å². The van der Waals surface area contributed by atoms with Crippen LogP contribution in [0.3, 0.4) is 0 Å². The van der Waals surface area contributed by atoms with E-state index in [1.54, 1.807) is 12.1 Å². The van der Waals surface area contributed by atoms with Crippen LogP contribution in [0.25, 0.3) is 11.1 Å². The molecule has 1 aliphatic heterocycles. The first-order chi connectivity index (χ1) is 11.1. The topological polar surface area (TPSA) is 58.2 Å². The minimum absolute atomic E-state index is 0.129. The summed E-state index contributed by atoms with van der Waals surface area (Å²) in [5.41, 5.74) is 1.53. The normalized spacial score (nSPS) is 18.1. The van der Waals surface area contributed by atoms with E-state index in [2.05, 4.69) is 10.6 Å². The molecule has 1 aliphatic rings. The van der Waals surface area contributed by atoms with E-state index < -0.39 is 6.04 Å². The van der Waals surface area contributed by atoms with Gasteiger partial charge in [0.25, 0.3) is 5.91 Å². The summed E-state index contributed by atoms with van der Waals surface area (Å²) in [6, 6.07) is 7.37. The van der Waals surface area contributed by atoms with Crippen LogP contribution in [0.2, 0.25) is 0 Å². The number of thiophene rings is 1. The van der Waals surface area contributed by atoms with Gasteiger partial charge in [0.1, 0.15) is 11.9 Å². The lowest BCUT2D eigenvalue weighted by Gasteiger charge is -2.15. The number of carbonyl (C=O) groups is 2. The van der Waals surface area contributed by atoms with Gasteiger partial charge in [-0.15, -0.1) is 11.3 Å². The number of benzene rings is 1. The summed E-state index contributed by atoms with van der Waals surface area (Å²) in [4.78, 5) is 25.0. The van der Waals surface area contributed by atoms with Crippen LogP contribution >= 0.6 is 11.3 Å². The smallest absolute Gasteiger partial charge is 0.262 e. The molecule has 1 aromatic carbocycles. The maximum absolute atomic E-state index is 13.1. The first-order valence-electron chi connectivity index (χ1n) is 7.57. The van der Waals surface area contributed by atoms with Gasteiger partial charge >= 0.3 is 0 Å². The van der Waals surface area contributed by atoms with Crippen LogP contribution in [0.4, 0.5) is 4.39 Å². The standard InChI is InChI=1S/C17H17FN2O2S/c18-12-6-4-11(5-7-12)13-8-10-23-15(13)17(22)20-14-3-1-2-9-19-16(14)21/h4-8,10,14H,1-3,9H2,(H,19,21)(H,20,22)/t14-/m0/s1. The Bertz CT molecular complexity index is 712. The molecule has 6 heteroatoms. The van der Waals surface area contributed by atoms with Crippen LogP contribution in [0.15, 0.2) is 35.7 Å². The maximum atomic E-state index is 13.1. The lowest BCUT2D eigenvalue weighted by atomic mass is 10.1. The fourth-order valence-electron chi connectivity index (χ4n) is 2.64. The molecule has 120 valence electrons. The molecule has 0 bridgehead atoms. The van der Waals surface area contributed by atoms with Crippen LogP contribution in [-0.2, 0) is 4.79 Å². The SMILES string of the molecule is O=C(N[C@H]1CCCCNC1=O)c1sccc1-c1ccc(F)cc1. The average Bonchev–Trinajstić information content (AvgIpc) is 2.95. The lowest BCUT2D eigenvalue weighted by Crippen LogP contribution is -2.45. The van der Waals surface area contributed by atoms with Gasteiger partial charge in [0.15, 0.2) is 0 Å². The summed E-state index contributed by atoms with van der Waals surface area (Å²) in [7, 11) is 0. The molecular formula is C17H17FN2O2S. The molecule has 1 aromatic heterocycles. The number of halogens is 1. The zero-order chi connectivity index (χ0) is 16.2. The molecule has 0 aliphatic carbocycles. The third kappa shape index (κ3) is 3.59. The van der Waals surface area contributed by atoms with Gasteiger partial charge in [-0.3, -0.25) is 9.59 Å². The number of rotatable bonds is 3. The van der Waals surface area contributed by atoms with E-state index in [9.17, 15) is 14.0 Å². The van der Waals surface area contributed by atoms with Crippen molar-refractivity contribution in [2.75, 3.05) is 6.54 Å². The Kier molecular flexibility index (Phi) is 4.71. The maximum Gasteiger partial charge on any atom is 0.262 e. The van der Waals surface area contributed by atoms with Crippen molar-refractivity contribution in [1.29, 1.82) is 0 Å². The number of amides is 2. The number of carbonyl (C=O) groups excluding carboxylic acids is 2. The first-order valence-corrected chi connectivity index (χ1v) is 8.45. The summed E-state index contributed by atoms with van der Waals surface area (Å²) in [5.74, 6) is -0.706. The second-order valence-electron chi connectivity index (χ2n) is 5.48. The van der Waals surface area contributed by atoms with Gasteiger partial charge in [0.05, 0.1) is 4.88 Å². The van der Waals surface area contributed by atoms with Crippen molar-refractivity contribution < 1.29 is 14.0 Å². The molecule has 0 saturated carbocycles. The molecule has 0 unspecified atom stereocenters. The molecule has 0 radical (unpaired) electrons. The van der Waals surface area contributed by atoms with Crippen LogP contribution < -0.4 is 10.6 Å². The summed E-state index contributed by atoms with van der Waals surface area (Å²) < 4.78 is 13.1. The Hall–Kier alpha value is -2.21. The highest BCUT2D eigenvalue weighted by atomic mass is 32.1. The minimum atomic E-state index is -0.492. The fraction of sp³-hybridized carbons (Fsp3) is 0.294. The predicted octanol–water partition coefficient (Wildman–Crippen LogP) is 2.95. The molecule has 1 fully saturated rings. The molecular weight excluding hydrogens is 315 g/mol. The molecule has 3 rings (SSSR count). The molecule has 0 spiro atoms. The van der Waals surface area contributed by atoms with Crippen molar-refractivity contribution >= 4 is 23.2 Å². The molecule has 2 heterocycles. The predicted molar refractivity (Wildman–Crippen MR) is 87.8 cm³/mol. The van der Waals surface area contributed by atoms with Crippen molar-refractivity contribution in [1.82, 2.24) is 10.6 Å². The van der Waals surface area contributed by atoms with Crippen LogP contribution in [0.5, 0.6) is 0 Å². The molecule has 4 nitrogen and oxygen atoms in total. The Labute approximate surface area is 137 Å². The Balaban J connectivity index is 1.79. The average molecular weight is 332 g/mol. The zero-order valence-corrected chi connectivity index (χ0v) is 13.3. The molecule has 2 aromatic rings. The Morgan fingerprint density at radius 3 is 2.78 bits per heavy atom. The van der Waals surface area contributed by atoms with Gasteiger partial charge in [-0.25, -0.2) is 4.39 Å². The third-order valence-corrected chi connectivity index (χ3v) is 4.78. The van der Waals surface area contributed by atoms with E-state index in [1.165, 1.54) is 23.5 Å². The highest BCUT2D eigenvalue weighted by Crippen LogP contribution is 2.28. The van der Waals surface area contributed by atoms with Crippen LogP contribution in [0, 0.1) is 5.82 Å². The first kappa shape index (κ1) is 15.7. The lowest BCUT2D eigenvalue weighted by molar-refractivity contribution is -0.122. The molecule has 1 atom stereocenters. The van der Waals surface area contributed by atoms with Crippen molar-refractivity contribution in [3.05, 3.63) is 46.4 Å². The van der Waals surface area contributed by atoms with Gasteiger partial charge in [0, 0.05) is 12.1 Å². The molecule has 2 N–H and O–H groups in total.